The minimum atomic E-state index is -0.751. The van der Waals surface area contributed by atoms with Crippen molar-refractivity contribution in [2.24, 2.45) is 0 Å². The topological polar surface area (TPSA) is 77.8 Å². The number of carboxylic acids is 1. The number of rotatable bonds is 10. The molecule has 142 valence electrons. The molecule has 0 radical (unpaired) electrons. The molecule has 0 bridgehead atoms. The Morgan fingerprint density at radius 2 is 1.92 bits per heavy atom. The highest BCUT2D eigenvalue weighted by molar-refractivity contribution is 5.77. The number of hydrogen-bond acceptors (Lipinski definition) is 3. The second-order valence-electron chi connectivity index (χ2n) is 6.85. The third kappa shape index (κ3) is 6.64. The molecule has 5 nitrogen and oxygen atoms in total. The van der Waals surface area contributed by atoms with Crippen LogP contribution in [0.4, 0.5) is 0 Å². The Morgan fingerprint density at radius 1 is 1.19 bits per heavy atom. The molecule has 0 aliphatic carbocycles. The van der Waals surface area contributed by atoms with E-state index in [2.05, 4.69) is 0 Å². The molecule has 1 fully saturated rings. The summed E-state index contributed by atoms with van der Waals surface area (Å²) in [5.41, 5.74) is 0.843. The van der Waals surface area contributed by atoms with Gasteiger partial charge >= 0.3 is 5.97 Å². The summed E-state index contributed by atoms with van der Waals surface area (Å²) >= 11 is 0. The molecule has 1 amide bonds. The first kappa shape index (κ1) is 20.2. The first-order valence-corrected chi connectivity index (χ1v) is 9.50. The van der Waals surface area contributed by atoms with Crippen LogP contribution in [0.15, 0.2) is 42.5 Å². The van der Waals surface area contributed by atoms with E-state index in [1.54, 1.807) is 6.08 Å². The predicted molar refractivity (Wildman–Crippen MR) is 101 cm³/mol. The first-order chi connectivity index (χ1) is 12.6. The molecule has 1 saturated heterocycles. The fourth-order valence-electron chi connectivity index (χ4n) is 3.34. The molecule has 0 aromatic heterocycles. The van der Waals surface area contributed by atoms with Gasteiger partial charge in [-0.25, -0.2) is 0 Å². The Hall–Kier alpha value is -2.14. The van der Waals surface area contributed by atoms with E-state index >= 15 is 0 Å². The van der Waals surface area contributed by atoms with Gasteiger partial charge in [0, 0.05) is 19.4 Å². The van der Waals surface area contributed by atoms with Gasteiger partial charge in [-0.15, -0.1) is 0 Å². The highest BCUT2D eigenvalue weighted by atomic mass is 16.4. The molecule has 0 saturated carbocycles. The van der Waals surface area contributed by atoms with Crippen LogP contribution in [-0.2, 0) is 9.59 Å². The normalized spacial score (nSPS) is 19.0. The third-order valence-electron chi connectivity index (χ3n) is 4.81. The maximum atomic E-state index is 12.3. The molecule has 2 N–H and O–H groups in total. The van der Waals surface area contributed by atoms with Crippen LogP contribution < -0.4 is 0 Å². The smallest absolute Gasteiger partial charge is 0.303 e. The summed E-state index contributed by atoms with van der Waals surface area (Å²) in [6.45, 7) is 0.697. The summed E-state index contributed by atoms with van der Waals surface area (Å²) in [4.78, 5) is 24.7. The molecule has 2 atom stereocenters. The number of aliphatic hydroxyl groups excluding tert-OH is 1. The Bertz CT molecular complexity index is 599. The zero-order valence-corrected chi connectivity index (χ0v) is 15.2. The second-order valence-corrected chi connectivity index (χ2v) is 6.85. The summed E-state index contributed by atoms with van der Waals surface area (Å²) in [5, 5.41) is 18.9. The predicted octanol–water partition coefficient (Wildman–Crippen LogP) is 3.69. The van der Waals surface area contributed by atoms with Crippen LogP contribution in [0.25, 0.3) is 0 Å². The standard InChI is InChI=1S/C21H29NO4/c23-19(17-9-4-3-5-10-17)15-14-18-11-8-12-20(24)22(18)16-7-2-1-6-13-21(25)26/h3-5,9-10,14-15,18-19,23H,1-2,6-8,11-13,16H2,(H,25,26)/b15-14+/t18-,19?/m1/s1. The minimum Gasteiger partial charge on any atom is -0.481 e. The van der Waals surface area contributed by atoms with Crippen LogP contribution in [0.2, 0.25) is 0 Å². The van der Waals surface area contributed by atoms with Gasteiger partial charge < -0.3 is 15.1 Å². The number of aliphatic carboxylic acids is 1. The molecule has 1 aliphatic heterocycles. The van der Waals surface area contributed by atoms with Gasteiger partial charge in [0.25, 0.3) is 0 Å². The third-order valence-corrected chi connectivity index (χ3v) is 4.81. The second kappa shape index (κ2) is 10.8. The van der Waals surface area contributed by atoms with Crippen LogP contribution in [0, 0.1) is 0 Å². The number of carbonyl (C=O) groups excluding carboxylic acids is 1. The van der Waals surface area contributed by atoms with Gasteiger partial charge in [-0.05, 0) is 31.2 Å². The fraction of sp³-hybridized carbons (Fsp3) is 0.524. The number of unbranched alkanes of at least 4 members (excludes halogenated alkanes) is 3. The number of piperidine rings is 1. The van der Waals surface area contributed by atoms with Crippen molar-refractivity contribution >= 4 is 11.9 Å². The molecule has 1 aromatic carbocycles. The van der Waals surface area contributed by atoms with Crippen molar-refractivity contribution in [3.8, 4) is 0 Å². The SMILES string of the molecule is O=C(O)CCCCCCN1C(=O)CCC[C@@H]1/C=C/C(O)c1ccccc1. The summed E-state index contributed by atoms with van der Waals surface area (Å²) in [6, 6.07) is 9.51. The number of amides is 1. The van der Waals surface area contributed by atoms with Gasteiger partial charge in [0.15, 0.2) is 0 Å². The number of aliphatic hydroxyl groups is 1. The Balaban J connectivity index is 1.83. The summed E-state index contributed by atoms with van der Waals surface area (Å²) in [5.74, 6) is -0.580. The number of likely N-dealkylation sites (tertiary alicyclic amines) is 1. The fourth-order valence-corrected chi connectivity index (χ4v) is 3.34. The van der Waals surface area contributed by atoms with E-state index in [1.807, 2.05) is 41.3 Å². The van der Waals surface area contributed by atoms with E-state index in [4.69, 9.17) is 5.11 Å². The number of nitrogens with zero attached hydrogens (tertiary/aromatic N) is 1. The first-order valence-electron chi connectivity index (χ1n) is 9.50. The molecule has 26 heavy (non-hydrogen) atoms. The van der Waals surface area contributed by atoms with Gasteiger partial charge in [-0.1, -0.05) is 55.3 Å². The number of hydrogen-bond donors (Lipinski definition) is 2. The van der Waals surface area contributed by atoms with Crippen molar-refractivity contribution in [3.05, 3.63) is 48.0 Å². The number of carbonyl (C=O) groups is 2. The number of carboxylic acid groups (broad SMARTS) is 1. The van der Waals surface area contributed by atoms with Crippen molar-refractivity contribution < 1.29 is 19.8 Å². The lowest BCUT2D eigenvalue weighted by atomic mass is 9.99. The van der Waals surface area contributed by atoms with E-state index in [9.17, 15) is 14.7 Å². The van der Waals surface area contributed by atoms with Crippen molar-refractivity contribution in [3.63, 3.8) is 0 Å². The van der Waals surface area contributed by atoms with Crippen LogP contribution in [0.3, 0.4) is 0 Å². The van der Waals surface area contributed by atoms with E-state index < -0.39 is 12.1 Å². The van der Waals surface area contributed by atoms with Crippen molar-refractivity contribution in [1.82, 2.24) is 4.90 Å². The summed E-state index contributed by atoms with van der Waals surface area (Å²) in [7, 11) is 0. The Morgan fingerprint density at radius 3 is 2.65 bits per heavy atom. The van der Waals surface area contributed by atoms with Gasteiger partial charge in [0.1, 0.15) is 0 Å². The lowest BCUT2D eigenvalue weighted by Crippen LogP contribution is -2.43. The van der Waals surface area contributed by atoms with E-state index in [-0.39, 0.29) is 18.4 Å². The molecule has 0 spiro atoms. The molecule has 1 aromatic rings. The highest BCUT2D eigenvalue weighted by Gasteiger charge is 2.25. The summed E-state index contributed by atoms with van der Waals surface area (Å²) in [6.07, 6.45) is 9.06. The highest BCUT2D eigenvalue weighted by Crippen LogP contribution is 2.22. The monoisotopic (exact) mass is 359 g/mol. The minimum absolute atomic E-state index is 0.0358. The van der Waals surface area contributed by atoms with Crippen LogP contribution in [0.1, 0.15) is 63.0 Å². The molecule has 5 heteroatoms. The largest absolute Gasteiger partial charge is 0.481 e. The molecule has 1 aliphatic rings. The van der Waals surface area contributed by atoms with Gasteiger partial charge in [-0.2, -0.15) is 0 Å². The maximum Gasteiger partial charge on any atom is 0.303 e. The van der Waals surface area contributed by atoms with Crippen LogP contribution in [0.5, 0.6) is 0 Å². The van der Waals surface area contributed by atoms with E-state index in [0.717, 1.165) is 37.7 Å². The number of benzene rings is 1. The molecule has 2 rings (SSSR count). The Kier molecular flexibility index (Phi) is 8.35. The molecular weight excluding hydrogens is 330 g/mol. The zero-order chi connectivity index (χ0) is 18.8. The molecule has 1 unspecified atom stereocenters. The lowest BCUT2D eigenvalue weighted by Gasteiger charge is -2.34. The average Bonchev–Trinajstić information content (AvgIpc) is 2.64. The maximum absolute atomic E-state index is 12.3. The van der Waals surface area contributed by atoms with Crippen molar-refractivity contribution in [2.75, 3.05) is 6.54 Å². The Labute approximate surface area is 155 Å². The van der Waals surface area contributed by atoms with Crippen LogP contribution >= 0.6 is 0 Å². The zero-order valence-electron chi connectivity index (χ0n) is 15.2. The van der Waals surface area contributed by atoms with Gasteiger partial charge in [0.2, 0.25) is 5.91 Å². The quantitative estimate of drug-likeness (QED) is 0.493. The molecule has 1 heterocycles. The van der Waals surface area contributed by atoms with E-state index in [1.165, 1.54) is 0 Å². The summed E-state index contributed by atoms with van der Waals surface area (Å²) < 4.78 is 0. The van der Waals surface area contributed by atoms with Crippen LogP contribution in [-0.4, -0.2) is 39.6 Å². The van der Waals surface area contributed by atoms with Crippen molar-refractivity contribution in [2.45, 2.75) is 63.5 Å². The van der Waals surface area contributed by atoms with Crippen molar-refractivity contribution in [1.29, 1.82) is 0 Å². The lowest BCUT2D eigenvalue weighted by molar-refractivity contribution is -0.137. The van der Waals surface area contributed by atoms with Gasteiger partial charge in [-0.3, -0.25) is 9.59 Å². The van der Waals surface area contributed by atoms with Gasteiger partial charge in [0.05, 0.1) is 12.1 Å². The average molecular weight is 359 g/mol. The van der Waals surface area contributed by atoms with E-state index in [0.29, 0.717) is 19.4 Å². The molecular formula is C21H29NO4.